The Hall–Kier alpha value is -0.830. The first-order valence-corrected chi connectivity index (χ1v) is 8.39. The van der Waals surface area contributed by atoms with Gasteiger partial charge in [0, 0.05) is 12.4 Å². The van der Waals surface area contributed by atoms with E-state index in [1.807, 2.05) is 0 Å². The van der Waals surface area contributed by atoms with Crippen molar-refractivity contribution in [2.75, 3.05) is 0 Å². The van der Waals surface area contributed by atoms with Gasteiger partial charge in [0.05, 0.1) is 6.33 Å². The molecule has 20 heavy (non-hydrogen) atoms. The highest BCUT2D eigenvalue weighted by Gasteiger charge is 2.23. The lowest BCUT2D eigenvalue weighted by molar-refractivity contribution is 0.269. The molecule has 0 spiro atoms. The van der Waals surface area contributed by atoms with E-state index in [1.165, 1.54) is 51.4 Å². The summed E-state index contributed by atoms with van der Waals surface area (Å²) in [5.41, 5.74) is 0. The average molecular weight is 280 g/mol. The van der Waals surface area contributed by atoms with Crippen LogP contribution in [0.25, 0.3) is 0 Å². The third-order valence-electron chi connectivity index (χ3n) is 4.87. The first-order chi connectivity index (χ1) is 9.47. The van der Waals surface area contributed by atoms with Crippen molar-refractivity contribution in [1.29, 1.82) is 0 Å². The van der Waals surface area contributed by atoms with E-state index in [0.29, 0.717) is 0 Å². The number of aromatic amines is 1. The lowest BCUT2D eigenvalue weighted by Gasteiger charge is -2.24. The Morgan fingerprint density at radius 3 is 1.40 bits per heavy atom. The Balaban J connectivity index is 0.000000283. The molecule has 2 aliphatic rings. The summed E-state index contributed by atoms with van der Waals surface area (Å²) in [5.74, 6) is 2.24. The van der Waals surface area contributed by atoms with Crippen LogP contribution in [0.5, 0.6) is 0 Å². The van der Waals surface area contributed by atoms with Crippen molar-refractivity contribution in [2.24, 2.45) is 11.8 Å². The molecule has 2 aliphatic carbocycles. The van der Waals surface area contributed by atoms with Crippen molar-refractivity contribution in [2.45, 2.75) is 77.0 Å². The third-order valence-corrected chi connectivity index (χ3v) is 4.87. The molecule has 3 N–H and O–H groups in total. The number of nitrogens with zero attached hydrogens (tertiary/aromatic N) is 1. The normalized spacial score (nSPS) is 21.8. The Morgan fingerprint density at radius 1 is 0.700 bits per heavy atom. The van der Waals surface area contributed by atoms with Crippen molar-refractivity contribution in [3.63, 3.8) is 0 Å². The van der Waals surface area contributed by atoms with Gasteiger partial charge in [-0.25, -0.2) is 4.98 Å². The summed E-state index contributed by atoms with van der Waals surface area (Å²) in [5, 5.41) is 0. The first kappa shape index (κ1) is 17.2. The monoisotopic (exact) mass is 280 g/mol. The summed E-state index contributed by atoms with van der Waals surface area (Å²) >= 11 is 0. The fourth-order valence-corrected chi connectivity index (χ4v) is 3.78. The number of nitrogens with one attached hydrogen (secondary N) is 1. The largest absolute Gasteiger partial charge is 0.412 e. The van der Waals surface area contributed by atoms with E-state index < -0.39 is 0 Å². The Morgan fingerprint density at radius 2 is 1.15 bits per heavy atom. The predicted molar refractivity (Wildman–Crippen MR) is 84.6 cm³/mol. The number of hydrogen-bond donors (Lipinski definition) is 1. The van der Waals surface area contributed by atoms with E-state index in [9.17, 15) is 0 Å². The van der Waals surface area contributed by atoms with Crippen molar-refractivity contribution >= 4 is 0 Å². The molecule has 0 aliphatic heterocycles. The van der Waals surface area contributed by atoms with Crippen LogP contribution < -0.4 is 0 Å². The molecular formula is C17H32N2O. The van der Waals surface area contributed by atoms with E-state index in [-0.39, 0.29) is 5.48 Å². The van der Waals surface area contributed by atoms with Gasteiger partial charge in [0.25, 0.3) is 0 Å². The van der Waals surface area contributed by atoms with E-state index in [1.54, 1.807) is 44.4 Å². The Labute approximate surface area is 123 Å². The summed E-state index contributed by atoms with van der Waals surface area (Å²) in [4.78, 5) is 6.42. The first-order valence-electron chi connectivity index (χ1n) is 8.39. The van der Waals surface area contributed by atoms with E-state index in [0.717, 1.165) is 11.8 Å². The molecule has 0 atom stereocenters. The van der Waals surface area contributed by atoms with Crippen LogP contribution in [-0.2, 0) is 0 Å². The maximum atomic E-state index is 3.67. The molecular weight excluding hydrogens is 248 g/mol. The van der Waals surface area contributed by atoms with E-state index in [2.05, 4.69) is 9.97 Å². The molecule has 0 aromatic carbocycles. The van der Waals surface area contributed by atoms with Crippen LogP contribution in [0.15, 0.2) is 18.7 Å². The smallest absolute Gasteiger partial charge is 0.0919 e. The summed E-state index contributed by atoms with van der Waals surface area (Å²) in [6.07, 6.45) is 23.5. The van der Waals surface area contributed by atoms with Crippen LogP contribution in [0, 0.1) is 11.8 Å². The molecule has 1 aromatic heterocycles. The third kappa shape index (κ3) is 6.56. The summed E-state index contributed by atoms with van der Waals surface area (Å²) in [6.45, 7) is 0. The molecule has 3 nitrogen and oxygen atoms in total. The van der Waals surface area contributed by atoms with Gasteiger partial charge >= 0.3 is 0 Å². The van der Waals surface area contributed by atoms with Gasteiger partial charge < -0.3 is 10.5 Å². The molecule has 0 unspecified atom stereocenters. The number of imidazole rings is 1. The fraction of sp³-hybridized carbons (Fsp3) is 0.824. The molecule has 0 amide bonds. The minimum absolute atomic E-state index is 0. The zero-order valence-corrected chi connectivity index (χ0v) is 12.8. The minimum Gasteiger partial charge on any atom is -0.412 e. The molecule has 116 valence electrons. The molecule has 2 fully saturated rings. The van der Waals surface area contributed by atoms with Gasteiger partial charge in [-0.3, -0.25) is 0 Å². The SMILES string of the molecule is C1CCCC(C2CCCCCC2)CC1.O.c1c[nH]cn1. The Kier molecular flexibility index (Phi) is 9.38. The number of H-pyrrole nitrogens is 1. The van der Waals surface area contributed by atoms with Crippen LogP contribution in [0.2, 0.25) is 0 Å². The van der Waals surface area contributed by atoms with Gasteiger partial charge in [-0.1, -0.05) is 77.0 Å². The molecule has 1 heterocycles. The molecule has 0 radical (unpaired) electrons. The molecule has 3 rings (SSSR count). The number of hydrogen-bond acceptors (Lipinski definition) is 1. The lowest BCUT2D eigenvalue weighted by Crippen LogP contribution is -2.13. The highest BCUT2D eigenvalue weighted by atomic mass is 16.0. The summed E-state index contributed by atoms with van der Waals surface area (Å²) in [7, 11) is 0. The van der Waals surface area contributed by atoms with Crippen LogP contribution in [-0.4, -0.2) is 15.4 Å². The molecule has 3 heteroatoms. The van der Waals surface area contributed by atoms with Crippen LogP contribution >= 0.6 is 0 Å². The number of rotatable bonds is 1. The zero-order chi connectivity index (χ0) is 13.2. The molecule has 0 saturated heterocycles. The van der Waals surface area contributed by atoms with Gasteiger partial charge in [0.15, 0.2) is 0 Å². The molecule has 0 bridgehead atoms. The number of aromatic nitrogens is 2. The fourth-order valence-electron chi connectivity index (χ4n) is 3.78. The van der Waals surface area contributed by atoms with Gasteiger partial charge in [0.1, 0.15) is 0 Å². The van der Waals surface area contributed by atoms with Crippen molar-refractivity contribution in [3.05, 3.63) is 18.7 Å². The van der Waals surface area contributed by atoms with Crippen molar-refractivity contribution in [1.82, 2.24) is 9.97 Å². The maximum absolute atomic E-state index is 3.67. The summed E-state index contributed by atoms with van der Waals surface area (Å²) < 4.78 is 0. The Bertz CT molecular complexity index is 249. The second-order valence-electron chi connectivity index (χ2n) is 6.26. The van der Waals surface area contributed by atoms with Crippen molar-refractivity contribution in [3.8, 4) is 0 Å². The van der Waals surface area contributed by atoms with Gasteiger partial charge in [-0.05, 0) is 11.8 Å². The van der Waals surface area contributed by atoms with E-state index >= 15 is 0 Å². The highest BCUT2D eigenvalue weighted by Crippen LogP contribution is 2.36. The lowest BCUT2D eigenvalue weighted by atomic mass is 9.81. The predicted octanol–water partition coefficient (Wildman–Crippen LogP) is 4.51. The van der Waals surface area contributed by atoms with Crippen LogP contribution in [0.1, 0.15) is 77.0 Å². The molecule has 2 saturated carbocycles. The second kappa shape index (κ2) is 10.9. The standard InChI is InChI=1S/C14H26.C3H4N2.H2O/c1-2-6-10-13(9-5-1)14-11-7-3-4-8-12-14;1-2-5-3-4-1;/h13-14H,1-12H2;1-3H,(H,4,5);1H2. The quantitative estimate of drug-likeness (QED) is 0.756. The topological polar surface area (TPSA) is 60.2 Å². The molecule has 1 aromatic rings. The average Bonchev–Trinajstić information content (AvgIpc) is 2.76. The highest BCUT2D eigenvalue weighted by molar-refractivity contribution is 4.75. The van der Waals surface area contributed by atoms with Crippen LogP contribution in [0.3, 0.4) is 0 Å². The summed E-state index contributed by atoms with van der Waals surface area (Å²) in [6, 6.07) is 0. The minimum atomic E-state index is 0. The van der Waals surface area contributed by atoms with Gasteiger partial charge in [-0.15, -0.1) is 0 Å². The van der Waals surface area contributed by atoms with Crippen LogP contribution in [0.4, 0.5) is 0 Å². The zero-order valence-electron chi connectivity index (χ0n) is 12.8. The second-order valence-corrected chi connectivity index (χ2v) is 6.26. The van der Waals surface area contributed by atoms with Crippen molar-refractivity contribution < 1.29 is 5.48 Å². The van der Waals surface area contributed by atoms with Gasteiger partial charge in [0.2, 0.25) is 0 Å². The van der Waals surface area contributed by atoms with E-state index in [4.69, 9.17) is 0 Å². The van der Waals surface area contributed by atoms with Gasteiger partial charge in [-0.2, -0.15) is 0 Å². The maximum Gasteiger partial charge on any atom is 0.0919 e.